The summed E-state index contributed by atoms with van der Waals surface area (Å²) < 4.78 is 23.9. The molecule has 2 aromatic rings. The highest BCUT2D eigenvalue weighted by molar-refractivity contribution is 5.94. The zero-order chi connectivity index (χ0) is 19.5. The maximum Gasteiger partial charge on any atom is 0.253 e. The molecule has 2 aromatic carbocycles. The summed E-state index contributed by atoms with van der Waals surface area (Å²) >= 11 is 0. The second-order valence-electron chi connectivity index (χ2n) is 6.98. The fourth-order valence-electron chi connectivity index (χ4n) is 3.53. The molecule has 6 nitrogen and oxygen atoms in total. The van der Waals surface area contributed by atoms with Crippen molar-refractivity contribution in [2.75, 3.05) is 19.9 Å². The minimum Gasteiger partial charge on any atom is -0.454 e. The van der Waals surface area contributed by atoms with Gasteiger partial charge < -0.3 is 19.7 Å². The smallest absolute Gasteiger partial charge is 0.253 e. The summed E-state index contributed by atoms with van der Waals surface area (Å²) in [6.45, 7) is 1.60. The lowest BCUT2D eigenvalue weighted by Gasteiger charge is -2.31. The molecule has 0 atom stereocenters. The van der Waals surface area contributed by atoms with Gasteiger partial charge in [0, 0.05) is 31.1 Å². The van der Waals surface area contributed by atoms with Crippen molar-refractivity contribution < 1.29 is 23.5 Å². The molecule has 0 unspecified atom stereocenters. The first-order chi connectivity index (χ1) is 13.6. The predicted molar refractivity (Wildman–Crippen MR) is 99.4 cm³/mol. The van der Waals surface area contributed by atoms with Crippen LogP contribution in [0, 0.1) is 11.7 Å². The zero-order valence-electron chi connectivity index (χ0n) is 15.3. The van der Waals surface area contributed by atoms with Gasteiger partial charge in [-0.25, -0.2) is 4.39 Å². The summed E-state index contributed by atoms with van der Waals surface area (Å²) in [5.41, 5.74) is 1.28. The maximum atomic E-state index is 13.3. The third-order valence-corrected chi connectivity index (χ3v) is 5.13. The molecule has 2 amide bonds. The molecule has 1 saturated heterocycles. The van der Waals surface area contributed by atoms with Crippen molar-refractivity contribution in [3.63, 3.8) is 0 Å². The number of ether oxygens (including phenoxy) is 2. The Morgan fingerprint density at radius 3 is 2.64 bits per heavy atom. The van der Waals surface area contributed by atoms with E-state index in [9.17, 15) is 14.0 Å². The molecule has 4 rings (SSSR count). The van der Waals surface area contributed by atoms with Crippen LogP contribution in [0.2, 0.25) is 0 Å². The van der Waals surface area contributed by atoms with E-state index in [2.05, 4.69) is 5.32 Å². The Labute approximate surface area is 162 Å². The first-order valence-corrected chi connectivity index (χ1v) is 9.31. The molecule has 7 heteroatoms. The highest BCUT2D eigenvalue weighted by Gasteiger charge is 2.28. The van der Waals surface area contributed by atoms with E-state index >= 15 is 0 Å². The van der Waals surface area contributed by atoms with Crippen LogP contribution in [0.25, 0.3) is 0 Å². The van der Waals surface area contributed by atoms with E-state index in [-0.39, 0.29) is 24.5 Å². The Bertz CT molecular complexity index is 894. The highest BCUT2D eigenvalue weighted by Crippen LogP contribution is 2.32. The van der Waals surface area contributed by atoms with Gasteiger partial charge in [0.25, 0.3) is 5.91 Å². The van der Waals surface area contributed by atoms with E-state index < -0.39 is 5.82 Å². The Morgan fingerprint density at radius 2 is 1.86 bits per heavy atom. The Morgan fingerprint density at radius 1 is 1.07 bits per heavy atom. The number of hydrogen-bond acceptors (Lipinski definition) is 4. The Kier molecular flexibility index (Phi) is 5.14. The number of fused-ring (bicyclic) bond motifs is 1. The number of halogens is 1. The largest absolute Gasteiger partial charge is 0.454 e. The van der Waals surface area contributed by atoms with Gasteiger partial charge in [-0.2, -0.15) is 0 Å². The van der Waals surface area contributed by atoms with Crippen LogP contribution in [0.15, 0.2) is 42.5 Å². The number of carbonyl (C=O) groups is 2. The second kappa shape index (κ2) is 7.88. The van der Waals surface area contributed by atoms with Gasteiger partial charge in [-0.05, 0) is 48.7 Å². The minimum absolute atomic E-state index is 0.0180. The van der Waals surface area contributed by atoms with Gasteiger partial charge in [0.15, 0.2) is 11.5 Å². The number of amides is 2. The molecular weight excluding hydrogens is 363 g/mol. The van der Waals surface area contributed by atoms with Crippen LogP contribution in [0.4, 0.5) is 4.39 Å². The first kappa shape index (κ1) is 18.3. The van der Waals surface area contributed by atoms with Crippen LogP contribution >= 0.6 is 0 Å². The van der Waals surface area contributed by atoms with E-state index in [1.54, 1.807) is 11.0 Å². The normalized spacial score (nSPS) is 16.1. The summed E-state index contributed by atoms with van der Waals surface area (Å²) in [5, 5.41) is 2.95. The number of carbonyl (C=O) groups excluding carboxylic acids is 2. The zero-order valence-corrected chi connectivity index (χ0v) is 15.3. The van der Waals surface area contributed by atoms with Crippen molar-refractivity contribution >= 4 is 11.8 Å². The average Bonchev–Trinajstić information content (AvgIpc) is 3.19. The summed E-state index contributed by atoms with van der Waals surface area (Å²) in [6, 6.07) is 11.3. The van der Waals surface area contributed by atoms with E-state index in [1.807, 2.05) is 18.2 Å². The summed E-state index contributed by atoms with van der Waals surface area (Å²) in [4.78, 5) is 26.6. The van der Waals surface area contributed by atoms with Crippen molar-refractivity contribution in [3.8, 4) is 11.5 Å². The van der Waals surface area contributed by atoms with Crippen LogP contribution in [0.5, 0.6) is 11.5 Å². The molecular formula is C21H21FN2O4. The van der Waals surface area contributed by atoms with E-state index in [0.29, 0.717) is 49.5 Å². The lowest BCUT2D eigenvalue weighted by molar-refractivity contribution is -0.126. The first-order valence-electron chi connectivity index (χ1n) is 9.31. The molecule has 28 heavy (non-hydrogen) atoms. The highest BCUT2D eigenvalue weighted by atomic mass is 19.1. The summed E-state index contributed by atoms with van der Waals surface area (Å²) in [7, 11) is 0. The number of piperidine rings is 1. The van der Waals surface area contributed by atoms with Crippen LogP contribution in [-0.2, 0) is 11.3 Å². The number of benzene rings is 2. The molecule has 2 aliphatic heterocycles. The molecule has 1 fully saturated rings. The Balaban J connectivity index is 1.27. The summed E-state index contributed by atoms with van der Waals surface area (Å²) in [5.74, 6) is 0.629. The molecule has 1 N–H and O–H groups in total. The van der Waals surface area contributed by atoms with Crippen LogP contribution in [0.1, 0.15) is 28.8 Å². The molecule has 2 aliphatic rings. The number of likely N-dealkylation sites (tertiary alicyclic amines) is 1. The van der Waals surface area contributed by atoms with Crippen LogP contribution in [-0.4, -0.2) is 36.6 Å². The van der Waals surface area contributed by atoms with Crippen LogP contribution < -0.4 is 14.8 Å². The van der Waals surface area contributed by atoms with Gasteiger partial charge in [-0.1, -0.05) is 12.1 Å². The van der Waals surface area contributed by atoms with Crippen molar-refractivity contribution in [2.45, 2.75) is 19.4 Å². The van der Waals surface area contributed by atoms with Gasteiger partial charge in [0.2, 0.25) is 12.7 Å². The molecule has 0 spiro atoms. The quantitative estimate of drug-likeness (QED) is 0.880. The standard InChI is InChI=1S/C21H21FN2O4/c22-17-3-1-2-16(11-17)21(26)24-8-6-15(7-9-24)20(25)23-12-14-4-5-18-19(10-14)28-13-27-18/h1-5,10-11,15H,6-9,12-13H2,(H,23,25). The minimum atomic E-state index is -0.427. The number of hydrogen-bond donors (Lipinski definition) is 1. The van der Waals surface area contributed by atoms with Gasteiger partial charge in [-0.15, -0.1) is 0 Å². The third-order valence-electron chi connectivity index (χ3n) is 5.13. The SMILES string of the molecule is O=C(NCc1ccc2c(c1)OCO2)C1CCN(C(=O)c2cccc(F)c2)CC1. The number of rotatable bonds is 4. The van der Waals surface area contributed by atoms with E-state index in [0.717, 1.165) is 5.56 Å². The molecule has 0 aromatic heterocycles. The number of nitrogens with one attached hydrogen (secondary N) is 1. The van der Waals surface area contributed by atoms with Crippen molar-refractivity contribution in [1.82, 2.24) is 10.2 Å². The molecule has 2 heterocycles. The van der Waals surface area contributed by atoms with E-state index in [4.69, 9.17) is 9.47 Å². The fraction of sp³-hybridized carbons (Fsp3) is 0.333. The van der Waals surface area contributed by atoms with Gasteiger partial charge >= 0.3 is 0 Å². The van der Waals surface area contributed by atoms with Gasteiger partial charge in [-0.3, -0.25) is 9.59 Å². The summed E-state index contributed by atoms with van der Waals surface area (Å²) in [6.07, 6.45) is 1.18. The molecule has 146 valence electrons. The van der Waals surface area contributed by atoms with Crippen molar-refractivity contribution in [2.24, 2.45) is 5.92 Å². The fourth-order valence-corrected chi connectivity index (χ4v) is 3.53. The average molecular weight is 384 g/mol. The van der Waals surface area contributed by atoms with E-state index in [1.165, 1.54) is 18.2 Å². The van der Waals surface area contributed by atoms with Crippen LogP contribution in [0.3, 0.4) is 0 Å². The van der Waals surface area contributed by atoms with Crippen molar-refractivity contribution in [3.05, 3.63) is 59.4 Å². The lowest BCUT2D eigenvalue weighted by Crippen LogP contribution is -2.42. The third kappa shape index (κ3) is 3.93. The molecule has 0 saturated carbocycles. The monoisotopic (exact) mass is 384 g/mol. The number of nitrogens with zero attached hydrogens (tertiary/aromatic N) is 1. The van der Waals surface area contributed by atoms with Crippen molar-refractivity contribution in [1.29, 1.82) is 0 Å². The molecule has 0 radical (unpaired) electrons. The van der Waals surface area contributed by atoms with Gasteiger partial charge in [0.05, 0.1) is 0 Å². The second-order valence-corrected chi connectivity index (χ2v) is 6.98. The molecule has 0 bridgehead atoms. The maximum absolute atomic E-state index is 13.3. The topological polar surface area (TPSA) is 67.9 Å². The Hall–Kier alpha value is -3.09. The lowest BCUT2D eigenvalue weighted by atomic mass is 9.95. The predicted octanol–water partition coefficient (Wildman–Crippen LogP) is 2.72. The van der Waals surface area contributed by atoms with Gasteiger partial charge in [0.1, 0.15) is 5.82 Å². The molecule has 0 aliphatic carbocycles.